The first kappa shape index (κ1) is 29.6. The van der Waals surface area contributed by atoms with Crippen molar-refractivity contribution in [3.63, 3.8) is 0 Å². The number of benzene rings is 8. The van der Waals surface area contributed by atoms with Crippen molar-refractivity contribution < 1.29 is 4.42 Å². The molecule has 0 unspecified atom stereocenters. The molecule has 0 atom stereocenters. The second-order valence-electron chi connectivity index (χ2n) is 14.6. The number of anilines is 3. The number of fused-ring (bicyclic) bond motifs is 10. The minimum Gasteiger partial charge on any atom is -0.456 e. The van der Waals surface area contributed by atoms with Gasteiger partial charge >= 0.3 is 0 Å². The van der Waals surface area contributed by atoms with Gasteiger partial charge in [-0.1, -0.05) is 111 Å². The molecular weight excluding hydrogens is 651 g/mol. The van der Waals surface area contributed by atoms with E-state index in [4.69, 9.17) is 4.42 Å². The molecule has 2 heterocycles. The fourth-order valence-electron chi connectivity index (χ4n) is 8.58. The number of hydrogen-bond donors (Lipinski definition) is 0. The highest BCUT2D eigenvalue weighted by Crippen LogP contribution is 2.51. The molecule has 11 rings (SSSR count). The van der Waals surface area contributed by atoms with E-state index in [-0.39, 0.29) is 5.41 Å². The molecule has 2 aromatic heterocycles. The first-order valence-corrected chi connectivity index (χ1v) is 18.7. The van der Waals surface area contributed by atoms with Gasteiger partial charge in [-0.25, -0.2) is 0 Å². The van der Waals surface area contributed by atoms with Crippen molar-refractivity contribution in [2.45, 2.75) is 19.3 Å². The second kappa shape index (κ2) is 10.9. The smallest absolute Gasteiger partial charge is 0.136 e. The summed E-state index contributed by atoms with van der Waals surface area (Å²) in [6.45, 7) is 4.71. The molecule has 246 valence electrons. The summed E-state index contributed by atoms with van der Waals surface area (Å²) >= 11 is 1.86. The molecule has 0 fully saturated rings. The molecule has 3 heteroatoms. The van der Waals surface area contributed by atoms with Crippen LogP contribution in [0.5, 0.6) is 0 Å². The molecule has 0 saturated heterocycles. The van der Waals surface area contributed by atoms with Crippen molar-refractivity contribution in [2.75, 3.05) is 4.90 Å². The Morgan fingerprint density at radius 3 is 2.04 bits per heavy atom. The van der Waals surface area contributed by atoms with Gasteiger partial charge in [0.1, 0.15) is 11.2 Å². The summed E-state index contributed by atoms with van der Waals surface area (Å²) in [5.41, 5.74) is 13.0. The Kier molecular flexibility index (Phi) is 6.21. The number of para-hydroxylation sites is 1. The van der Waals surface area contributed by atoms with Crippen molar-refractivity contribution in [2.24, 2.45) is 0 Å². The van der Waals surface area contributed by atoms with Gasteiger partial charge in [-0.2, -0.15) is 0 Å². The first-order chi connectivity index (χ1) is 25.5. The first-order valence-electron chi connectivity index (χ1n) is 17.9. The number of furan rings is 1. The molecular formula is C49H33NOS. The Morgan fingerprint density at radius 1 is 0.442 bits per heavy atom. The molecule has 1 aliphatic carbocycles. The van der Waals surface area contributed by atoms with Gasteiger partial charge in [0.05, 0.1) is 0 Å². The van der Waals surface area contributed by atoms with Gasteiger partial charge in [-0.3, -0.25) is 0 Å². The highest BCUT2D eigenvalue weighted by molar-refractivity contribution is 7.25. The van der Waals surface area contributed by atoms with Crippen LogP contribution in [0.2, 0.25) is 0 Å². The Bertz CT molecular complexity index is 3050. The third-order valence-corrected chi connectivity index (χ3v) is 12.4. The maximum absolute atomic E-state index is 6.17. The van der Waals surface area contributed by atoms with E-state index >= 15 is 0 Å². The molecule has 2 nitrogen and oxygen atoms in total. The molecule has 10 aromatic rings. The topological polar surface area (TPSA) is 16.4 Å². The average Bonchev–Trinajstić information content (AvgIpc) is 3.81. The summed E-state index contributed by atoms with van der Waals surface area (Å²) in [7, 11) is 0. The minimum absolute atomic E-state index is 0.0860. The lowest BCUT2D eigenvalue weighted by molar-refractivity contribution is 0.660. The molecule has 0 N–H and O–H groups in total. The highest BCUT2D eigenvalue weighted by Gasteiger charge is 2.35. The monoisotopic (exact) mass is 683 g/mol. The number of thiophene rings is 1. The predicted octanol–water partition coefficient (Wildman–Crippen LogP) is 14.6. The maximum Gasteiger partial charge on any atom is 0.136 e. The van der Waals surface area contributed by atoms with Gasteiger partial charge in [0, 0.05) is 53.4 Å². The predicted molar refractivity (Wildman–Crippen MR) is 222 cm³/mol. The van der Waals surface area contributed by atoms with Crippen LogP contribution in [0.15, 0.2) is 168 Å². The molecule has 0 amide bonds. The van der Waals surface area contributed by atoms with Gasteiger partial charge < -0.3 is 9.32 Å². The van der Waals surface area contributed by atoms with E-state index in [2.05, 4.69) is 170 Å². The zero-order valence-electron chi connectivity index (χ0n) is 28.9. The number of rotatable bonds is 4. The zero-order valence-corrected chi connectivity index (χ0v) is 29.7. The molecule has 1 aliphatic rings. The standard InChI is InChI=1S/C49H33NOS/c1-49(2)43-12-6-3-9-37(43)38-23-21-35(28-44(38)49)50(36-22-24-41-40-11-5-8-14-47(40)52-48(41)29-36)34-19-17-30(18-20-34)31-15-16-32-27-46-42(26-33(32)25-31)39-10-4-7-13-45(39)51-46/h3-29H,1-2H3. The summed E-state index contributed by atoms with van der Waals surface area (Å²) in [4.78, 5) is 2.42. The van der Waals surface area contributed by atoms with Crippen molar-refractivity contribution in [1.29, 1.82) is 0 Å². The van der Waals surface area contributed by atoms with E-state index in [1.54, 1.807) is 0 Å². The zero-order chi connectivity index (χ0) is 34.6. The van der Waals surface area contributed by atoms with E-state index in [1.165, 1.54) is 64.3 Å². The van der Waals surface area contributed by atoms with E-state index in [9.17, 15) is 0 Å². The van der Waals surface area contributed by atoms with Crippen molar-refractivity contribution in [1.82, 2.24) is 0 Å². The summed E-state index contributed by atoms with van der Waals surface area (Å²) in [5, 5.41) is 7.32. The third kappa shape index (κ3) is 4.36. The lowest BCUT2D eigenvalue weighted by atomic mass is 9.82. The van der Waals surface area contributed by atoms with E-state index in [0.717, 1.165) is 39.0 Å². The SMILES string of the molecule is CC1(C)c2ccccc2-c2ccc(N(c3ccc(-c4ccc5cc6oc7ccccc7c6cc5c4)cc3)c3ccc4c(c3)sc3ccccc34)cc21. The van der Waals surface area contributed by atoms with Crippen LogP contribution in [0.25, 0.3) is 75.1 Å². The molecule has 0 radical (unpaired) electrons. The van der Waals surface area contributed by atoms with Crippen LogP contribution < -0.4 is 4.90 Å². The average molecular weight is 684 g/mol. The van der Waals surface area contributed by atoms with E-state index in [0.29, 0.717) is 0 Å². The van der Waals surface area contributed by atoms with Crippen molar-refractivity contribution in [3.05, 3.63) is 175 Å². The van der Waals surface area contributed by atoms with E-state index in [1.807, 2.05) is 23.5 Å². The number of hydrogen-bond acceptors (Lipinski definition) is 3. The van der Waals surface area contributed by atoms with Crippen LogP contribution in [-0.4, -0.2) is 0 Å². The molecule has 0 bridgehead atoms. The summed E-state index contributed by atoms with van der Waals surface area (Å²) in [5.74, 6) is 0. The Hall–Kier alpha value is -6.16. The number of nitrogens with zero attached hydrogens (tertiary/aromatic N) is 1. The Morgan fingerprint density at radius 2 is 1.13 bits per heavy atom. The van der Waals surface area contributed by atoms with Gasteiger partial charge in [0.15, 0.2) is 0 Å². The van der Waals surface area contributed by atoms with Crippen LogP contribution in [0.3, 0.4) is 0 Å². The maximum atomic E-state index is 6.17. The Labute approximate surface area is 305 Å². The van der Waals surface area contributed by atoms with Gasteiger partial charge in [-0.05, 0) is 111 Å². The normalized spacial score (nSPS) is 13.3. The molecule has 8 aromatic carbocycles. The van der Waals surface area contributed by atoms with Crippen LogP contribution in [0.1, 0.15) is 25.0 Å². The van der Waals surface area contributed by atoms with Crippen LogP contribution in [0, 0.1) is 0 Å². The summed E-state index contributed by atoms with van der Waals surface area (Å²) in [6.07, 6.45) is 0. The Balaban J connectivity index is 1.03. The lowest BCUT2D eigenvalue weighted by Crippen LogP contribution is -2.16. The van der Waals surface area contributed by atoms with Gasteiger partial charge in [0.2, 0.25) is 0 Å². The summed E-state index contributed by atoms with van der Waals surface area (Å²) in [6, 6.07) is 60.1. The van der Waals surface area contributed by atoms with Crippen LogP contribution in [-0.2, 0) is 5.41 Å². The minimum atomic E-state index is -0.0860. The quantitative estimate of drug-likeness (QED) is 0.184. The fourth-order valence-corrected chi connectivity index (χ4v) is 9.72. The fraction of sp³-hybridized carbons (Fsp3) is 0.0612. The third-order valence-electron chi connectivity index (χ3n) is 11.2. The molecule has 0 saturated carbocycles. The largest absolute Gasteiger partial charge is 0.456 e. The second-order valence-corrected chi connectivity index (χ2v) is 15.7. The van der Waals surface area contributed by atoms with Crippen LogP contribution >= 0.6 is 11.3 Å². The van der Waals surface area contributed by atoms with Gasteiger partial charge in [0.25, 0.3) is 0 Å². The molecule has 0 spiro atoms. The van der Waals surface area contributed by atoms with Crippen molar-refractivity contribution in [3.8, 4) is 22.3 Å². The van der Waals surface area contributed by atoms with Crippen LogP contribution in [0.4, 0.5) is 17.1 Å². The molecule has 52 heavy (non-hydrogen) atoms. The lowest BCUT2D eigenvalue weighted by Gasteiger charge is -2.28. The highest BCUT2D eigenvalue weighted by atomic mass is 32.1. The molecule has 0 aliphatic heterocycles. The van der Waals surface area contributed by atoms with Gasteiger partial charge in [-0.15, -0.1) is 11.3 Å². The van der Waals surface area contributed by atoms with E-state index < -0.39 is 0 Å². The summed E-state index contributed by atoms with van der Waals surface area (Å²) < 4.78 is 8.79. The van der Waals surface area contributed by atoms with Crippen molar-refractivity contribution >= 4 is 81.3 Å².